The number of halogens is 1. The lowest BCUT2D eigenvalue weighted by molar-refractivity contribution is -0.123. The van der Waals surface area contributed by atoms with E-state index in [0.717, 1.165) is 63.9 Å². The van der Waals surface area contributed by atoms with Gasteiger partial charge in [-0.25, -0.2) is 0 Å². The zero-order valence-corrected chi connectivity index (χ0v) is 20.1. The van der Waals surface area contributed by atoms with Crippen LogP contribution in [0.4, 0.5) is 0 Å². The average Bonchev–Trinajstić information content (AvgIpc) is 2.70. The summed E-state index contributed by atoms with van der Waals surface area (Å²) in [6.45, 7) is 5.10. The molecule has 0 aromatic carbocycles. The molecule has 6 nitrogen and oxygen atoms in total. The van der Waals surface area contributed by atoms with Crippen LogP contribution >= 0.6 is 24.0 Å². The fraction of sp³-hybridized carbons (Fsp3) is 0.905. The Balaban J connectivity index is 0.00000392. The minimum atomic E-state index is -0.128. The first kappa shape index (κ1) is 25.5. The number of hydrogen-bond acceptors (Lipinski definition) is 3. The molecule has 1 aliphatic carbocycles. The van der Waals surface area contributed by atoms with E-state index in [9.17, 15) is 4.79 Å². The number of nitrogens with zero attached hydrogens (tertiary/aromatic N) is 2. The summed E-state index contributed by atoms with van der Waals surface area (Å²) in [5, 5.41) is 6.88. The summed E-state index contributed by atoms with van der Waals surface area (Å²) in [6.07, 6.45) is 13.9. The predicted octanol–water partition coefficient (Wildman–Crippen LogP) is 3.11. The summed E-state index contributed by atoms with van der Waals surface area (Å²) < 4.78 is 0. The molecule has 28 heavy (non-hydrogen) atoms. The maximum Gasteiger partial charge on any atom is 0.220 e. The van der Waals surface area contributed by atoms with Gasteiger partial charge in [0.2, 0.25) is 5.91 Å². The van der Waals surface area contributed by atoms with Crippen LogP contribution in [0.1, 0.15) is 70.6 Å². The van der Waals surface area contributed by atoms with Gasteiger partial charge in [-0.05, 0) is 64.1 Å². The van der Waals surface area contributed by atoms with E-state index in [1.54, 1.807) is 0 Å². The van der Waals surface area contributed by atoms with Gasteiger partial charge in [-0.1, -0.05) is 32.1 Å². The Morgan fingerprint density at radius 1 is 1.00 bits per heavy atom. The maximum atomic E-state index is 11.2. The summed E-state index contributed by atoms with van der Waals surface area (Å²) in [7, 11) is 1.85. The van der Waals surface area contributed by atoms with Crippen LogP contribution < -0.4 is 16.4 Å². The quantitative estimate of drug-likeness (QED) is 0.184. The van der Waals surface area contributed by atoms with Crippen LogP contribution in [0, 0.1) is 11.8 Å². The number of unbranched alkanes of at least 4 members (excludes halogenated alkanes) is 1. The SMILES string of the molecule is CN=C(NCCCCN1CCC(C(N)=O)CC1)NCCCC1CCCCC1.I. The number of carbonyl (C=O) groups excluding carboxylic acids is 1. The Labute approximate surface area is 188 Å². The highest BCUT2D eigenvalue weighted by Crippen LogP contribution is 2.26. The van der Waals surface area contributed by atoms with E-state index >= 15 is 0 Å². The number of nitrogens with two attached hydrogens (primary N) is 1. The fourth-order valence-corrected chi connectivity index (χ4v) is 4.40. The van der Waals surface area contributed by atoms with Gasteiger partial charge in [0.15, 0.2) is 5.96 Å². The van der Waals surface area contributed by atoms with Crippen LogP contribution in [0.3, 0.4) is 0 Å². The van der Waals surface area contributed by atoms with Crippen molar-refractivity contribution in [3.05, 3.63) is 0 Å². The minimum absolute atomic E-state index is 0. The highest BCUT2D eigenvalue weighted by molar-refractivity contribution is 14.0. The van der Waals surface area contributed by atoms with Gasteiger partial charge in [0.05, 0.1) is 0 Å². The zero-order chi connectivity index (χ0) is 19.3. The monoisotopic (exact) mass is 507 g/mol. The van der Waals surface area contributed by atoms with Crippen molar-refractivity contribution in [3.63, 3.8) is 0 Å². The van der Waals surface area contributed by atoms with E-state index in [1.807, 2.05) is 7.05 Å². The standard InChI is InChI=1S/C21H41N5O.HI/c1-23-21(25-14-7-10-18-8-3-2-4-9-18)24-13-5-6-15-26-16-11-19(12-17-26)20(22)27;/h18-19H,2-17H2,1H3,(H2,22,27)(H2,23,24,25);1H. The second kappa shape index (κ2) is 15.3. The molecular weight excluding hydrogens is 465 g/mol. The van der Waals surface area contributed by atoms with E-state index in [2.05, 4.69) is 20.5 Å². The lowest BCUT2D eigenvalue weighted by atomic mass is 9.86. The molecule has 0 atom stereocenters. The highest BCUT2D eigenvalue weighted by Gasteiger charge is 2.22. The summed E-state index contributed by atoms with van der Waals surface area (Å²) in [5.74, 6) is 1.86. The predicted molar refractivity (Wildman–Crippen MR) is 128 cm³/mol. The van der Waals surface area contributed by atoms with Gasteiger partial charge in [0, 0.05) is 26.1 Å². The molecule has 1 amide bonds. The van der Waals surface area contributed by atoms with Crippen LogP contribution in [0.15, 0.2) is 4.99 Å². The molecule has 0 radical (unpaired) electrons. The number of piperidine rings is 1. The molecule has 0 bridgehead atoms. The second-order valence-electron chi connectivity index (χ2n) is 8.30. The molecule has 4 N–H and O–H groups in total. The average molecular weight is 508 g/mol. The normalized spacial score (nSPS) is 19.8. The van der Waals surface area contributed by atoms with Gasteiger partial charge in [-0.2, -0.15) is 0 Å². The summed E-state index contributed by atoms with van der Waals surface area (Å²) >= 11 is 0. The smallest absolute Gasteiger partial charge is 0.220 e. The molecule has 0 unspecified atom stereocenters. The fourth-order valence-electron chi connectivity index (χ4n) is 4.40. The molecule has 0 aromatic rings. The number of carbonyl (C=O) groups is 1. The number of aliphatic imine (C=N–C) groups is 1. The van der Waals surface area contributed by atoms with Crippen LogP contribution in [-0.4, -0.2) is 56.5 Å². The van der Waals surface area contributed by atoms with Crippen molar-refractivity contribution in [1.29, 1.82) is 0 Å². The molecule has 1 heterocycles. The van der Waals surface area contributed by atoms with Crippen LogP contribution in [-0.2, 0) is 4.79 Å². The molecule has 1 saturated carbocycles. The Morgan fingerprint density at radius 2 is 1.64 bits per heavy atom. The Kier molecular flexibility index (Phi) is 13.9. The number of likely N-dealkylation sites (tertiary alicyclic amines) is 1. The van der Waals surface area contributed by atoms with Gasteiger partial charge in [-0.3, -0.25) is 9.79 Å². The van der Waals surface area contributed by atoms with Crippen molar-refractivity contribution in [2.45, 2.75) is 70.6 Å². The van der Waals surface area contributed by atoms with E-state index < -0.39 is 0 Å². The van der Waals surface area contributed by atoms with E-state index in [0.29, 0.717) is 0 Å². The van der Waals surface area contributed by atoms with Crippen molar-refractivity contribution in [3.8, 4) is 0 Å². The molecular formula is C21H42IN5O. The zero-order valence-electron chi connectivity index (χ0n) is 17.8. The highest BCUT2D eigenvalue weighted by atomic mass is 127. The van der Waals surface area contributed by atoms with Crippen molar-refractivity contribution in [2.24, 2.45) is 22.6 Å². The van der Waals surface area contributed by atoms with Gasteiger partial charge in [0.25, 0.3) is 0 Å². The molecule has 2 aliphatic rings. The molecule has 164 valence electrons. The van der Waals surface area contributed by atoms with E-state index in [-0.39, 0.29) is 35.8 Å². The molecule has 1 saturated heterocycles. The van der Waals surface area contributed by atoms with Crippen molar-refractivity contribution in [1.82, 2.24) is 15.5 Å². The molecule has 2 fully saturated rings. The van der Waals surface area contributed by atoms with Crippen LogP contribution in [0.2, 0.25) is 0 Å². The maximum absolute atomic E-state index is 11.2. The third-order valence-corrected chi connectivity index (χ3v) is 6.21. The van der Waals surface area contributed by atoms with Crippen molar-refractivity contribution < 1.29 is 4.79 Å². The summed E-state index contributed by atoms with van der Waals surface area (Å²) in [5.41, 5.74) is 5.39. The van der Waals surface area contributed by atoms with E-state index in [4.69, 9.17) is 5.73 Å². The Hall–Kier alpha value is -0.570. The van der Waals surface area contributed by atoms with Crippen molar-refractivity contribution >= 4 is 35.8 Å². The first-order valence-corrected chi connectivity index (χ1v) is 11.1. The van der Waals surface area contributed by atoms with Crippen molar-refractivity contribution in [2.75, 3.05) is 39.8 Å². The minimum Gasteiger partial charge on any atom is -0.369 e. The lowest BCUT2D eigenvalue weighted by Gasteiger charge is -2.30. The Morgan fingerprint density at radius 3 is 2.25 bits per heavy atom. The number of hydrogen-bond donors (Lipinski definition) is 3. The van der Waals surface area contributed by atoms with Gasteiger partial charge in [-0.15, -0.1) is 24.0 Å². The number of guanidine groups is 1. The number of nitrogens with one attached hydrogen (secondary N) is 2. The van der Waals surface area contributed by atoms with Gasteiger partial charge >= 0.3 is 0 Å². The third kappa shape index (κ3) is 10.3. The molecule has 0 spiro atoms. The third-order valence-electron chi connectivity index (χ3n) is 6.21. The second-order valence-corrected chi connectivity index (χ2v) is 8.30. The molecule has 2 rings (SSSR count). The van der Waals surface area contributed by atoms with Crippen LogP contribution in [0.25, 0.3) is 0 Å². The first-order chi connectivity index (χ1) is 13.2. The molecule has 1 aliphatic heterocycles. The lowest BCUT2D eigenvalue weighted by Crippen LogP contribution is -2.40. The largest absolute Gasteiger partial charge is 0.369 e. The molecule has 7 heteroatoms. The van der Waals surface area contributed by atoms with Crippen LogP contribution in [0.5, 0.6) is 0 Å². The summed E-state index contributed by atoms with van der Waals surface area (Å²) in [6, 6.07) is 0. The number of rotatable bonds is 10. The van der Waals surface area contributed by atoms with Gasteiger partial charge < -0.3 is 21.3 Å². The molecule has 0 aromatic heterocycles. The Bertz CT molecular complexity index is 446. The summed E-state index contributed by atoms with van der Waals surface area (Å²) in [4.78, 5) is 18.0. The first-order valence-electron chi connectivity index (χ1n) is 11.1. The van der Waals surface area contributed by atoms with E-state index in [1.165, 1.54) is 51.4 Å². The van der Waals surface area contributed by atoms with Gasteiger partial charge in [0.1, 0.15) is 0 Å². The number of amides is 1. The topological polar surface area (TPSA) is 82.8 Å². The number of primary amides is 1.